The zero-order valence-electron chi connectivity index (χ0n) is 14.7. The normalized spacial score (nSPS) is 21.6. The van der Waals surface area contributed by atoms with Gasteiger partial charge in [-0.05, 0) is 31.0 Å². The number of non-ortho nitro benzene ring substituents is 1. The molecule has 136 valence electrons. The van der Waals surface area contributed by atoms with Gasteiger partial charge in [-0.25, -0.2) is 4.98 Å². The highest BCUT2D eigenvalue weighted by Gasteiger charge is 2.31. The van der Waals surface area contributed by atoms with Crippen LogP contribution in [-0.4, -0.2) is 32.8 Å². The van der Waals surface area contributed by atoms with Crippen LogP contribution < -0.4 is 5.32 Å². The second-order valence-corrected chi connectivity index (χ2v) is 7.21. The standard InChI is InChI=1S/C20H19N5O2/c26-25(27)14-5-3-4-12(10-14)19-23-17-9-8-13(11-18(17)24-19)20-21-15-6-1-2-7-16(15)22-20/h3-5,8-11,15-16H,1-2,6-7H2,(H,21,22)(H,23,24)/t15-,16+. The lowest BCUT2D eigenvalue weighted by atomic mass is 9.92. The van der Waals surface area contributed by atoms with E-state index in [2.05, 4.69) is 15.3 Å². The topological polar surface area (TPSA) is 96.2 Å². The van der Waals surface area contributed by atoms with Crippen LogP contribution in [0, 0.1) is 10.1 Å². The van der Waals surface area contributed by atoms with Gasteiger partial charge in [0.05, 0.1) is 22.0 Å². The Kier molecular flexibility index (Phi) is 3.67. The van der Waals surface area contributed by atoms with Crippen molar-refractivity contribution in [1.82, 2.24) is 15.3 Å². The summed E-state index contributed by atoms with van der Waals surface area (Å²) in [5, 5.41) is 14.6. The Morgan fingerprint density at radius 3 is 2.81 bits per heavy atom. The number of fused-ring (bicyclic) bond motifs is 2. The molecule has 2 atom stereocenters. The molecule has 1 aliphatic heterocycles. The molecule has 0 spiro atoms. The van der Waals surface area contributed by atoms with Gasteiger partial charge in [-0.15, -0.1) is 0 Å². The van der Waals surface area contributed by atoms with Gasteiger partial charge in [0.25, 0.3) is 5.69 Å². The second kappa shape index (κ2) is 6.19. The fourth-order valence-electron chi connectivity index (χ4n) is 4.03. The molecule has 2 N–H and O–H groups in total. The maximum Gasteiger partial charge on any atom is 0.270 e. The molecule has 0 bridgehead atoms. The van der Waals surface area contributed by atoms with Gasteiger partial charge in [0, 0.05) is 29.3 Å². The van der Waals surface area contributed by atoms with Crippen LogP contribution in [0.5, 0.6) is 0 Å². The third-order valence-electron chi connectivity index (χ3n) is 5.43. The van der Waals surface area contributed by atoms with Crippen LogP contribution in [0.15, 0.2) is 47.5 Å². The number of rotatable bonds is 3. The van der Waals surface area contributed by atoms with Gasteiger partial charge in [0.15, 0.2) is 0 Å². The first kappa shape index (κ1) is 16.0. The lowest BCUT2D eigenvalue weighted by Crippen LogP contribution is -2.36. The van der Waals surface area contributed by atoms with E-state index >= 15 is 0 Å². The molecule has 1 saturated carbocycles. The minimum absolute atomic E-state index is 0.0563. The van der Waals surface area contributed by atoms with Crippen LogP contribution in [0.2, 0.25) is 0 Å². The summed E-state index contributed by atoms with van der Waals surface area (Å²) in [6, 6.07) is 13.4. The Morgan fingerprint density at radius 2 is 1.96 bits per heavy atom. The van der Waals surface area contributed by atoms with Crippen molar-refractivity contribution >= 4 is 22.6 Å². The van der Waals surface area contributed by atoms with Crippen molar-refractivity contribution in [3.8, 4) is 11.4 Å². The van der Waals surface area contributed by atoms with Crippen LogP contribution in [0.3, 0.4) is 0 Å². The van der Waals surface area contributed by atoms with Crippen molar-refractivity contribution in [1.29, 1.82) is 0 Å². The number of H-pyrrole nitrogens is 1. The number of nitro benzene ring substituents is 1. The minimum Gasteiger partial charge on any atom is -0.365 e. The lowest BCUT2D eigenvalue weighted by Gasteiger charge is -2.23. The molecule has 5 rings (SSSR count). The number of aliphatic imine (C=N–C) groups is 1. The molecule has 0 unspecified atom stereocenters. The molecule has 1 aliphatic carbocycles. The predicted octanol–water partition coefficient (Wildman–Crippen LogP) is 3.80. The van der Waals surface area contributed by atoms with E-state index in [9.17, 15) is 10.1 Å². The molecule has 0 saturated heterocycles. The summed E-state index contributed by atoms with van der Waals surface area (Å²) in [6.07, 6.45) is 4.86. The molecule has 1 aromatic heterocycles. The highest BCUT2D eigenvalue weighted by molar-refractivity contribution is 6.02. The number of nitrogens with one attached hydrogen (secondary N) is 2. The summed E-state index contributed by atoms with van der Waals surface area (Å²) in [7, 11) is 0. The van der Waals surface area contributed by atoms with E-state index in [1.165, 1.54) is 31.4 Å². The Balaban J connectivity index is 1.49. The molecule has 27 heavy (non-hydrogen) atoms. The number of aromatic nitrogens is 2. The number of aromatic amines is 1. The number of benzene rings is 2. The van der Waals surface area contributed by atoms with Gasteiger partial charge in [0.2, 0.25) is 0 Å². The largest absolute Gasteiger partial charge is 0.365 e. The zero-order valence-corrected chi connectivity index (χ0v) is 14.7. The van der Waals surface area contributed by atoms with Gasteiger partial charge < -0.3 is 10.3 Å². The number of hydrogen-bond donors (Lipinski definition) is 2. The molecular weight excluding hydrogens is 342 g/mol. The highest BCUT2D eigenvalue weighted by atomic mass is 16.6. The molecule has 7 nitrogen and oxygen atoms in total. The summed E-state index contributed by atoms with van der Waals surface area (Å²) in [5.74, 6) is 1.58. The minimum atomic E-state index is -0.395. The fourth-order valence-corrected chi connectivity index (χ4v) is 4.03. The van der Waals surface area contributed by atoms with Crippen molar-refractivity contribution in [3.63, 3.8) is 0 Å². The Hall–Kier alpha value is -3.22. The smallest absolute Gasteiger partial charge is 0.270 e. The van der Waals surface area contributed by atoms with Gasteiger partial charge in [-0.2, -0.15) is 0 Å². The summed E-state index contributed by atoms with van der Waals surface area (Å²) >= 11 is 0. The number of amidine groups is 1. The molecule has 0 amide bonds. The highest BCUT2D eigenvalue weighted by Crippen LogP contribution is 2.28. The average molecular weight is 361 g/mol. The molecular formula is C20H19N5O2. The first-order chi connectivity index (χ1) is 13.2. The average Bonchev–Trinajstić information content (AvgIpc) is 3.31. The third-order valence-corrected chi connectivity index (χ3v) is 5.43. The first-order valence-electron chi connectivity index (χ1n) is 9.27. The molecule has 1 fully saturated rings. The zero-order chi connectivity index (χ0) is 18.4. The number of imidazole rings is 1. The molecule has 2 aliphatic rings. The third kappa shape index (κ3) is 2.85. The quantitative estimate of drug-likeness (QED) is 0.548. The summed E-state index contributed by atoms with van der Waals surface area (Å²) in [5.41, 5.74) is 3.53. The second-order valence-electron chi connectivity index (χ2n) is 7.21. The van der Waals surface area contributed by atoms with E-state index < -0.39 is 4.92 Å². The SMILES string of the molecule is O=[N+]([O-])c1cccc(-c2nc3ccc(C4=N[C@H]5CCCC[C@H]5N4)cc3[nH]2)c1. The van der Waals surface area contributed by atoms with E-state index in [0.29, 0.717) is 23.5 Å². The number of hydrogen-bond acceptors (Lipinski definition) is 5. The van der Waals surface area contributed by atoms with Gasteiger partial charge in [-0.1, -0.05) is 25.0 Å². The van der Waals surface area contributed by atoms with Crippen LogP contribution in [-0.2, 0) is 0 Å². The van der Waals surface area contributed by atoms with Crippen LogP contribution in [0.1, 0.15) is 31.2 Å². The molecule has 7 heteroatoms. The molecule has 2 aromatic carbocycles. The maximum atomic E-state index is 11.0. The molecule has 0 radical (unpaired) electrons. The Labute approximate surface area is 155 Å². The van der Waals surface area contributed by atoms with E-state index in [0.717, 1.165) is 28.9 Å². The van der Waals surface area contributed by atoms with E-state index in [1.54, 1.807) is 6.07 Å². The van der Waals surface area contributed by atoms with Crippen LogP contribution in [0.25, 0.3) is 22.4 Å². The first-order valence-corrected chi connectivity index (χ1v) is 9.27. The predicted molar refractivity (Wildman–Crippen MR) is 104 cm³/mol. The Bertz CT molecular complexity index is 1070. The molecule has 2 heterocycles. The van der Waals surface area contributed by atoms with Crippen molar-refractivity contribution in [2.45, 2.75) is 37.8 Å². The van der Waals surface area contributed by atoms with Crippen LogP contribution in [0.4, 0.5) is 5.69 Å². The number of nitrogens with zero attached hydrogens (tertiary/aromatic N) is 3. The van der Waals surface area contributed by atoms with E-state index in [4.69, 9.17) is 4.99 Å². The van der Waals surface area contributed by atoms with Gasteiger partial charge in [0.1, 0.15) is 11.7 Å². The van der Waals surface area contributed by atoms with Gasteiger partial charge in [-0.3, -0.25) is 15.1 Å². The van der Waals surface area contributed by atoms with Gasteiger partial charge >= 0.3 is 0 Å². The van der Waals surface area contributed by atoms with E-state index in [1.807, 2.05) is 24.3 Å². The maximum absolute atomic E-state index is 11.0. The van der Waals surface area contributed by atoms with E-state index in [-0.39, 0.29) is 5.69 Å². The monoisotopic (exact) mass is 361 g/mol. The Morgan fingerprint density at radius 1 is 1.07 bits per heavy atom. The van der Waals surface area contributed by atoms with Crippen molar-refractivity contribution in [2.24, 2.45) is 4.99 Å². The van der Waals surface area contributed by atoms with Crippen molar-refractivity contribution < 1.29 is 4.92 Å². The van der Waals surface area contributed by atoms with Crippen LogP contribution >= 0.6 is 0 Å². The van der Waals surface area contributed by atoms with Crippen molar-refractivity contribution in [2.75, 3.05) is 0 Å². The fraction of sp³-hybridized carbons (Fsp3) is 0.300. The number of nitro groups is 1. The summed E-state index contributed by atoms with van der Waals surface area (Å²) in [4.78, 5) is 23.4. The summed E-state index contributed by atoms with van der Waals surface area (Å²) in [6.45, 7) is 0. The van der Waals surface area contributed by atoms with Crippen molar-refractivity contribution in [3.05, 3.63) is 58.1 Å². The summed E-state index contributed by atoms with van der Waals surface area (Å²) < 4.78 is 0. The lowest BCUT2D eigenvalue weighted by molar-refractivity contribution is -0.384. The molecule has 3 aromatic rings.